The third kappa shape index (κ3) is 4.52. The molecule has 29 heavy (non-hydrogen) atoms. The van der Waals surface area contributed by atoms with Crippen molar-refractivity contribution in [3.63, 3.8) is 0 Å². The van der Waals surface area contributed by atoms with E-state index in [2.05, 4.69) is 19.8 Å². The minimum atomic E-state index is -0.649. The summed E-state index contributed by atoms with van der Waals surface area (Å²) in [5.41, 5.74) is 1.85. The van der Waals surface area contributed by atoms with Crippen LogP contribution in [-0.2, 0) is 14.3 Å². The molecule has 0 spiro atoms. The highest BCUT2D eigenvalue weighted by atomic mass is 16.5. The van der Waals surface area contributed by atoms with Gasteiger partial charge in [-0.25, -0.2) is 14.6 Å². The van der Waals surface area contributed by atoms with Crippen molar-refractivity contribution in [2.75, 3.05) is 26.1 Å². The molecule has 0 aliphatic rings. The standard InChI is InChI=1S/C20H19N3O6/c1-12-10-23-6-4-5-16(18(23)21-12)29-11-17(24)22-15-8-13(19(25)27-2)7-14(9-15)20(26)28-3/h4-10H,11H2,1-3H3,(H,22,24). The number of rotatable bonds is 6. The summed E-state index contributed by atoms with van der Waals surface area (Å²) in [4.78, 5) is 40.4. The number of hydrogen-bond donors (Lipinski definition) is 1. The normalized spacial score (nSPS) is 10.4. The number of ether oxygens (including phenoxy) is 3. The molecule has 0 saturated heterocycles. The number of nitrogens with zero attached hydrogens (tertiary/aromatic N) is 2. The Hall–Kier alpha value is -3.88. The molecule has 2 heterocycles. The maximum Gasteiger partial charge on any atom is 0.337 e. The van der Waals surface area contributed by atoms with E-state index in [4.69, 9.17) is 4.74 Å². The number of aryl methyl sites for hydroxylation is 1. The molecule has 9 nitrogen and oxygen atoms in total. The van der Waals surface area contributed by atoms with Crippen LogP contribution in [0.5, 0.6) is 5.75 Å². The van der Waals surface area contributed by atoms with Gasteiger partial charge in [-0.15, -0.1) is 0 Å². The quantitative estimate of drug-likeness (QED) is 0.636. The second kappa shape index (κ2) is 8.42. The number of aromatic nitrogens is 2. The number of esters is 2. The highest BCUT2D eigenvalue weighted by molar-refractivity contribution is 5.99. The van der Waals surface area contributed by atoms with Gasteiger partial charge in [0.15, 0.2) is 18.0 Å². The van der Waals surface area contributed by atoms with E-state index >= 15 is 0 Å². The van der Waals surface area contributed by atoms with E-state index in [1.54, 1.807) is 16.5 Å². The molecule has 150 valence electrons. The largest absolute Gasteiger partial charge is 0.480 e. The molecule has 9 heteroatoms. The monoisotopic (exact) mass is 397 g/mol. The van der Waals surface area contributed by atoms with Crippen LogP contribution in [0.2, 0.25) is 0 Å². The first-order chi connectivity index (χ1) is 13.9. The fourth-order valence-corrected chi connectivity index (χ4v) is 2.73. The highest BCUT2D eigenvalue weighted by Gasteiger charge is 2.15. The molecular formula is C20H19N3O6. The highest BCUT2D eigenvalue weighted by Crippen LogP contribution is 2.20. The molecule has 2 aromatic heterocycles. The van der Waals surface area contributed by atoms with E-state index < -0.39 is 17.8 Å². The van der Waals surface area contributed by atoms with Gasteiger partial charge in [-0.3, -0.25) is 4.79 Å². The number of imidazole rings is 1. The Labute approximate surface area is 166 Å². The molecule has 3 aromatic rings. The van der Waals surface area contributed by atoms with E-state index in [0.29, 0.717) is 11.4 Å². The number of carbonyl (C=O) groups is 3. The predicted octanol–water partition coefficient (Wildman–Crippen LogP) is 2.23. The first-order valence-corrected chi connectivity index (χ1v) is 8.60. The molecule has 0 bridgehead atoms. The number of methoxy groups -OCH3 is 2. The van der Waals surface area contributed by atoms with Crippen LogP contribution in [0.4, 0.5) is 5.69 Å². The second-order valence-electron chi connectivity index (χ2n) is 6.10. The van der Waals surface area contributed by atoms with Crippen molar-refractivity contribution in [1.29, 1.82) is 0 Å². The van der Waals surface area contributed by atoms with Gasteiger partial charge in [-0.05, 0) is 37.3 Å². The van der Waals surface area contributed by atoms with Gasteiger partial charge in [-0.1, -0.05) is 0 Å². The summed E-state index contributed by atoms with van der Waals surface area (Å²) in [5, 5.41) is 2.60. The lowest BCUT2D eigenvalue weighted by atomic mass is 10.1. The number of fused-ring (bicyclic) bond motifs is 1. The van der Waals surface area contributed by atoms with Gasteiger partial charge in [0.05, 0.1) is 31.0 Å². The van der Waals surface area contributed by atoms with Crippen molar-refractivity contribution in [3.05, 3.63) is 59.5 Å². The van der Waals surface area contributed by atoms with E-state index in [1.165, 1.54) is 32.4 Å². The Morgan fingerprint density at radius 3 is 2.34 bits per heavy atom. The van der Waals surface area contributed by atoms with E-state index in [9.17, 15) is 14.4 Å². The zero-order valence-electron chi connectivity index (χ0n) is 16.1. The van der Waals surface area contributed by atoms with Crippen LogP contribution in [-0.4, -0.2) is 48.1 Å². The molecule has 0 radical (unpaired) electrons. The maximum atomic E-state index is 12.3. The number of anilines is 1. The molecule has 3 rings (SSSR count). The smallest absolute Gasteiger partial charge is 0.337 e. The van der Waals surface area contributed by atoms with Gasteiger partial charge in [0.1, 0.15) is 0 Å². The van der Waals surface area contributed by atoms with Crippen molar-refractivity contribution in [3.8, 4) is 5.75 Å². The Kier molecular flexibility index (Phi) is 5.77. The molecule has 1 N–H and O–H groups in total. The van der Waals surface area contributed by atoms with Crippen LogP contribution in [0.3, 0.4) is 0 Å². The molecule has 1 aromatic carbocycles. The van der Waals surface area contributed by atoms with Crippen molar-refractivity contribution in [2.45, 2.75) is 6.92 Å². The van der Waals surface area contributed by atoms with Crippen LogP contribution in [0.1, 0.15) is 26.4 Å². The summed E-state index contributed by atoms with van der Waals surface area (Å²) in [6, 6.07) is 7.61. The number of amides is 1. The average Bonchev–Trinajstić information content (AvgIpc) is 3.11. The average molecular weight is 397 g/mol. The predicted molar refractivity (Wildman–Crippen MR) is 103 cm³/mol. The van der Waals surface area contributed by atoms with E-state index in [0.717, 1.165) is 5.69 Å². The Bertz CT molecular complexity index is 1050. The third-order valence-electron chi connectivity index (χ3n) is 3.99. The fraction of sp³-hybridized carbons (Fsp3) is 0.200. The lowest BCUT2D eigenvalue weighted by molar-refractivity contribution is -0.118. The minimum Gasteiger partial charge on any atom is -0.480 e. The summed E-state index contributed by atoms with van der Waals surface area (Å²) in [5.74, 6) is -1.32. The summed E-state index contributed by atoms with van der Waals surface area (Å²) >= 11 is 0. The van der Waals surface area contributed by atoms with Gasteiger partial charge < -0.3 is 23.9 Å². The van der Waals surface area contributed by atoms with E-state index in [1.807, 2.05) is 19.3 Å². The lowest BCUT2D eigenvalue weighted by Gasteiger charge is -2.11. The Morgan fingerprint density at radius 1 is 1.07 bits per heavy atom. The molecule has 0 saturated carbocycles. The first kappa shape index (κ1) is 19.9. The van der Waals surface area contributed by atoms with Crippen molar-refractivity contribution >= 4 is 29.2 Å². The topological polar surface area (TPSA) is 108 Å². The van der Waals surface area contributed by atoms with Crippen molar-refractivity contribution in [2.24, 2.45) is 0 Å². The van der Waals surface area contributed by atoms with Gasteiger partial charge in [0, 0.05) is 18.1 Å². The number of hydrogen-bond acceptors (Lipinski definition) is 7. The number of carbonyl (C=O) groups excluding carboxylic acids is 3. The minimum absolute atomic E-state index is 0.101. The first-order valence-electron chi connectivity index (χ1n) is 8.60. The zero-order valence-corrected chi connectivity index (χ0v) is 16.1. The fourth-order valence-electron chi connectivity index (χ4n) is 2.73. The van der Waals surface area contributed by atoms with E-state index in [-0.39, 0.29) is 23.4 Å². The molecular weight excluding hydrogens is 378 g/mol. The molecule has 0 unspecified atom stereocenters. The molecule has 0 aliphatic carbocycles. The Balaban J connectivity index is 1.75. The van der Waals surface area contributed by atoms with Crippen LogP contribution in [0.15, 0.2) is 42.7 Å². The number of nitrogens with one attached hydrogen (secondary N) is 1. The SMILES string of the molecule is COC(=O)c1cc(NC(=O)COc2cccn3cc(C)nc23)cc(C(=O)OC)c1. The van der Waals surface area contributed by atoms with Gasteiger partial charge in [0.25, 0.3) is 5.91 Å². The third-order valence-corrected chi connectivity index (χ3v) is 3.99. The summed E-state index contributed by atoms with van der Waals surface area (Å²) in [7, 11) is 2.44. The van der Waals surface area contributed by atoms with Crippen LogP contribution >= 0.6 is 0 Å². The Morgan fingerprint density at radius 2 is 1.72 bits per heavy atom. The summed E-state index contributed by atoms with van der Waals surface area (Å²) in [6.07, 6.45) is 3.67. The lowest BCUT2D eigenvalue weighted by Crippen LogP contribution is -2.21. The maximum absolute atomic E-state index is 12.3. The van der Waals surface area contributed by atoms with Crippen molar-refractivity contribution in [1.82, 2.24) is 9.38 Å². The molecule has 0 aliphatic heterocycles. The van der Waals surface area contributed by atoms with Gasteiger partial charge in [0.2, 0.25) is 0 Å². The van der Waals surface area contributed by atoms with Crippen molar-refractivity contribution < 1.29 is 28.6 Å². The number of pyridine rings is 1. The molecule has 0 atom stereocenters. The summed E-state index contributed by atoms with van der Waals surface area (Å²) < 4.78 is 16.7. The molecule has 0 fully saturated rings. The zero-order chi connectivity index (χ0) is 21.0. The summed E-state index contributed by atoms with van der Waals surface area (Å²) in [6.45, 7) is 1.57. The van der Waals surface area contributed by atoms with Gasteiger partial charge >= 0.3 is 11.9 Å². The van der Waals surface area contributed by atoms with Gasteiger partial charge in [-0.2, -0.15) is 0 Å². The second-order valence-corrected chi connectivity index (χ2v) is 6.10. The molecule has 1 amide bonds. The van der Waals surface area contributed by atoms with Crippen LogP contribution < -0.4 is 10.1 Å². The van der Waals surface area contributed by atoms with Crippen LogP contribution in [0.25, 0.3) is 5.65 Å². The number of benzene rings is 1. The van der Waals surface area contributed by atoms with Crippen LogP contribution in [0, 0.1) is 6.92 Å².